The number of aliphatic carboxylic acids is 1. The lowest BCUT2D eigenvalue weighted by molar-refractivity contribution is -0.299. The van der Waals surface area contributed by atoms with E-state index in [0.717, 1.165) is 11.6 Å². The Bertz CT molecular complexity index is 1150. The fraction of sp³-hybridized carbons (Fsp3) is 0.136. The predicted octanol–water partition coefficient (Wildman–Crippen LogP) is 1.72. The van der Waals surface area contributed by atoms with E-state index in [0.29, 0.717) is 16.9 Å². The Balaban J connectivity index is 2.00. The summed E-state index contributed by atoms with van der Waals surface area (Å²) in [7, 11) is 1.69. The zero-order chi connectivity index (χ0) is 21.1. The number of anilines is 1. The van der Waals surface area contributed by atoms with E-state index in [1.165, 1.54) is 4.68 Å². The normalized spacial score (nSPS) is 11.3. The molecule has 0 aliphatic heterocycles. The van der Waals surface area contributed by atoms with Gasteiger partial charge in [-0.15, -0.1) is 0 Å². The molecule has 1 N–H and O–H groups in total. The van der Waals surface area contributed by atoms with E-state index in [1.54, 1.807) is 67.2 Å². The fourth-order valence-corrected chi connectivity index (χ4v) is 2.93. The molecule has 0 saturated heterocycles. The number of carboxylic acids is 1. The highest BCUT2D eigenvalue weighted by molar-refractivity contribution is 6.09. The van der Waals surface area contributed by atoms with Gasteiger partial charge in [0.15, 0.2) is 5.78 Å². The SMILES string of the molecule is Cc1ccc(C(=O)C=C(Nc2c(C)n(C)n(-c3ccccc3)c2=O)C(=O)[O-])cc1. The van der Waals surface area contributed by atoms with Gasteiger partial charge in [-0.2, -0.15) is 0 Å². The van der Waals surface area contributed by atoms with Gasteiger partial charge in [-0.25, -0.2) is 4.68 Å². The number of carbonyl (C=O) groups is 2. The topological polar surface area (TPSA) is 96.2 Å². The number of aromatic nitrogens is 2. The maximum Gasteiger partial charge on any atom is 0.295 e. The summed E-state index contributed by atoms with van der Waals surface area (Å²) in [4.78, 5) is 36.9. The van der Waals surface area contributed by atoms with Gasteiger partial charge in [0, 0.05) is 18.7 Å². The fourth-order valence-electron chi connectivity index (χ4n) is 2.93. The molecule has 0 atom stereocenters. The average molecular weight is 390 g/mol. The molecular formula is C22H20N3O4-. The number of hydrogen-bond acceptors (Lipinski definition) is 5. The summed E-state index contributed by atoms with van der Waals surface area (Å²) in [6.45, 7) is 3.56. The molecule has 0 unspecified atom stereocenters. The van der Waals surface area contributed by atoms with Gasteiger partial charge < -0.3 is 15.2 Å². The van der Waals surface area contributed by atoms with Gasteiger partial charge in [-0.05, 0) is 26.0 Å². The number of benzene rings is 2. The third-order valence-corrected chi connectivity index (χ3v) is 4.65. The molecule has 148 valence electrons. The Morgan fingerprint density at radius 3 is 2.21 bits per heavy atom. The molecule has 1 heterocycles. The van der Waals surface area contributed by atoms with Gasteiger partial charge in [0.05, 0.1) is 23.0 Å². The van der Waals surface area contributed by atoms with Crippen molar-refractivity contribution in [3.05, 3.63) is 93.5 Å². The summed E-state index contributed by atoms with van der Waals surface area (Å²) in [6, 6.07) is 15.7. The van der Waals surface area contributed by atoms with Crippen LogP contribution in [0, 0.1) is 13.8 Å². The number of allylic oxidation sites excluding steroid dienone is 1. The third-order valence-electron chi connectivity index (χ3n) is 4.65. The number of nitrogens with one attached hydrogen (secondary N) is 1. The summed E-state index contributed by atoms with van der Waals surface area (Å²) in [5, 5.41) is 14.2. The molecule has 3 aromatic rings. The molecule has 0 fully saturated rings. The van der Waals surface area contributed by atoms with Gasteiger partial charge in [0.25, 0.3) is 5.56 Å². The number of carboxylic acid groups (broad SMARTS) is 1. The molecule has 1 aromatic heterocycles. The first kappa shape index (κ1) is 19.9. The van der Waals surface area contributed by atoms with E-state index in [-0.39, 0.29) is 5.69 Å². The molecule has 0 amide bonds. The Kier molecular flexibility index (Phi) is 5.50. The van der Waals surface area contributed by atoms with E-state index >= 15 is 0 Å². The number of para-hydroxylation sites is 1. The molecule has 2 aromatic carbocycles. The third kappa shape index (κ3) is 4.03. The quantitative estimate of drug-likeness (QED) is 0.511. The molecular weight excluding hydrogens is 370 g/mol. The second kappa shape index (κ2) is 8.02. The van der Waals surface area contributed by atoms with Crippen molar-refractivity contribution in [3.8, 4) is 5.69 Å². The van der Waals surface area contributed by atoms with Crippen LogP contribution in [0.5, 0.6) is 0 Å². The van der Waals surface area contributed by atoms with Gasteiger partial charge >= 0.3 is 0 Å². The van der Waals surface area contributed by atoms with E-state index in [2.05, 4.69) is 5.32 Å². The van der Waals surface area contributed by atoms with Crippen molar-refractivity contribution in [2.75, 3.05) is 5.32 Å². The van der Waals surface area contributed by atoms with Crippen LogP contribution >= 0.6 is 0 Å². The highest BCUT2D eigenvalue weighted by Gasteiger charge is 2.18. The van der Waals surface area contributed by atoms with Crippen LogP contribution in [0.15, 0.2) is 71.2 Å². The van der Waals surface area contributed by atoms with E-state index in [1.807, 2.05) is 13.0 Å². The highest BCUT2D eigenvalue weighted by Crippen LogP contribution is 2.16. The summed E-state index contributed by atoms with van der Waals surface area (Å²) in [6.07, 6.45) is 0.929. The first-order valence-corrected chi connectivity index (χ1v) is 8.94. The van der Waals surface area contributed by atoms with Gasteiger partial charge in [0.1, 0.15) is 5.69 Å². The zero-order valence-corrected chi connectivity index (χ0v) is 16.3. The Morgan fingerprint density at radius 1 is 1.00 bits per heavy atom. The molecule has 0 aliphatic rings. The standard InChI is InChI=1S/C22H21N3O4/c1-14-9-11-16(12-10-14)19(26)13-18(22(28)29)23-20-15(2)24(3)25(21(20)27)17-7-5-4-6-8-17/h4-13,23H,1-3H3,(H,28,29)/p-1. The number of nitrogens with zero attached hydrogens (tertiary/aromatic N) is 2. The van der Waals surface area contributed by atoms with Crippen molar-refractivity contribution < 1.29 is 14.7 Å². The van der Waals surface area contributed by atoms with E-state index < -0.39 is 23.0 Å². The van der Waals surface area contributed by atoms with Gasteiger partial charge in [0.2, 0.25) is 0 Å². The van der Waals surface area contributed by atoms with E-state index in [9.17, 15) is 19.5 Å². The number of ketones is 1. The molecule has 0 bridgehead atoms. The summed E-state index contributed by atoms with van der Waals surface area (Å²) in [5.41, 5.74) is 1.59. The average Bonchev–Trinajstić information content (AvgIpc) is 2.91. The van der Waals surface area contributed by atoms with Crippen LogP contribution in [0.1, 0.15) is 21.6 Å². The van der Waals surface area contributed by atoms with Crippen molar-refractivity contribution in [1.29, 1.82) is 0 Å². The molecule has 7 heteroatoms. The van der Waals surface area contributed by atoms with Crippen LogP contribution in [0.25, 0.3) is 5.69 Å². The smallest absolute Gasteiger partial charge is 0.295 e. The van der Waals surface area contributed by atoms with Crippen molar-refractivity contribution in [2.24, 2.45) is 7.05 Å². The zero-order valence-electron chi connectivity index (χ0n) is 16.3. The summed E-state index contributed by atoms with van der Waals surface area (Å²) in [5.74, 6) is -2.09. The Labute approximate surface area is 167 Å². The minimum Gasteiger partial charge on any atom is -0.543 e. The minimum absolute atomic E-state index is 0.0588. The number of hydrogen-bond donors (Lipinski definition) is 1. The maximum absolute atomic E-state index is 12.9. The summed E-state index contributed by atoms with van der Waals surface area (Å²) >= 11 is 0. The molecule has 7 nitrogen and oxygen atoms in total. The van der Waals surface area contributed by atoms with Crippen LogP contribution in [-0.4, -0.2) is 21.1 Å². The predicted molar refractivity (Wildman–Crippen MR) is 108 cm³/mol. The van der Waals surface area contributed by atoms with Crippen molar-refractivity contribution in [2.45, 2.75) is 13.8 Å². The van der Waals surface area contributed by atoms with Crippen LogP contribution in [0.4, 0.5) is 5.69 Å². The lowest BCUT2D eigenvalue weighted by atomic mass is 10.1. The Morgan fingerprint density at radius 2 is 1.62 bits per heavy atom. The largest absolute Gasteiger partial charge is 0.543 e. The van der Waals surface area contributed by atoms with Crippen molar-refractivity contribution >= 4 is 17.4 Å². The maximum atomic E-state index is 12.9. The van der Waals surface area contributed by atoms with E-state index in [4.69, 9.17) is 0 Å². The summed E-state index contributed by atoms with van der Waals surface area (Å²) < 4.78 is 3.01. The molecule has 0 saturated carbocycles. The monoisotopic (exact) mass is 390 g/mol. The molecule has 0 radical (unpaired) electrons. The second-order valence-electron chi connectivity index (χ2n) is 6.64. The molecule has 0 spiro atoms. The minimum atomic E-state index is -1.58. The Hall–Kier alpha value is -3.87. The lowest BCUT2D eigenvalue weighted by Gasteiger charge is -2.11. The van der Waals surface area contributed by atoms with Crippen LogP contribution in [-0.2, 0) is 11.8 Å². The van der Waals surface area contributed by atoms with Gasteiger partial charge in [-0.3, -0.25) is 14.3 Å². The van der Waals surface area contributed by atoms with Crippen molar-refractivity contribution in [1.82, 2.24) is 9.36 Å². The van der Waals surface area contributed by atoms with Crippen molar-refractivity contribution in [3.63, 3.8) is 0 Å². The first-order chi connectivity index (χ1) is 13.8. The van der Waals surface area contributed by atoms with Crippen LogP contribution < -0.4 is 16.0 Å². The second-order valence-corrected chi connectivity index (χ2v) is 6.64. The number of aryl methyl sites for hydroxylation is 1. The van der Waals surface area contributed by atoms with Gasteiger partial charge in [-0.1, -0.05) is 48.0 Å². The molecule has 29 heavy (non-hydrogen) atoms. The van der Waals surface area contributed by atoms with Crippen LogP contribution in [0.2, 0.25) is 0 Å². The first-order valence-electron chi connectivity index (χ1n) is 8.94. The molecule has 0 aliphatic carbocycles. The lowest BCUT2D eigenvalue weighted by Crippen LogP contribution is -2.30. The number of rotatable bonds is 6. The number of carbonyl (C=O) groups excluding carboxylic acids is 2. The molecule has 3 rings (SSSR count). The highest BCUT2D eigenvalue weighted by atomic mass is 16.4. The van der Waals surface area contributed by atoms with Crippen LogP contribution in [0.3, 0.4) is 0 Å².